The third kappa shape index (κ3) is 3.86. The van der Waals surface area contributed by atoms with E-state index in [0.717, 1.165) is 24.2 Å². The van der Waals surface area contributed by atoms with Crippen molar-refractivity contribution in [3.8, 4) is 5.75 Å². The molecule has 1 fully saturated rings. The molecule has 7 nitrogen and oxygen atoms in total. The fraction of sp³-hybridized carbons (Fsp3) is 0.333. The SMILES string of the molecule is COc1ccc(C2CCCN2S(=O)(=O)Cc2ccc([N+](=O)[O-])cc2)cc1. The van der Waals surface area contributed by atoms with E-state index in [1.54, 1.807) is 7.11 Å². The third-order valence-electron chi connectivity index (χ3n) is 4.56. The van der Waals surface area contributed by atoms with Crippen molar-refractivity contribution in [2.75, 3.05) is 13.7 Å². The van der Waals surface area contributed by atoms with Crippen molar-refractivity contribution < 1.29 is 18.1 Å². The van der Waals surface area contributed by atoms with Crippen LogP contribution in [0.5, 0.6) is 5.75 Å². The molecule has 1 aliphatic rings. The Morgan fingerprint density at radius 3 is 2.38 bits per heavy atom. The molecular weight excluding hydrogens is 356 g/mol. The average molecular weight is 376 g/mol. The summed E-state index contributed by atoms with van der Waals surface area (Å²) in [6.45, 7) is 0.478. The number of non-ortho nitro benzene ring substituents is 1. The molecule has 0 aromatic heterocycles. The number of nitro benzene ring substituents is 1. The van der Waals surface area contributed by atoms with Gasteiger partial charge in [-0.3, -0.25) is 10.1 Å². The van der Waals surface area contributed by atoms with Crippen LogP contribution in [-0.2, 0) is 15.8 Å². The first-order valence-electron chi connectivity index (χ1n) is 8.27. The minimum absolute atomic E-state index is 0.0524. The Morgan fingerprint density at radius 2 is 1.81 bits per heavy atom. The summed E-state index contributed by atoms with van der Waals surface area (Å²) in [6, 6.07) is 12.9. The zero-order chi connectivity index (χ0) is 18.7. The molecule has 3 rings (SSSR count). The highest BCUT2D eigenvalue weighted by Gasteiger charge is 2.35. The summed E-state index contributed by atoms with van der Waals surface area (Å²) >= 11 is 0. The molecule has 0 N–H and O–H groups in total. The molecule has 0 radical (unpaired) electrons. The number of hydrogen-bond acceptors (Lipinski definition) is 5. The lowest BCUT2D eigenvalue weighted by Crippen LogP contribution is -2.31. The molecule has 0 spiro atoms. The molecule has 1 unspecified atom stereocenters. The van der Waals surface area contributed by atoms with Crippen LogP contribution in [-0.4, -0.2) is 31.3 Å². The number of hydrogen-bond donors (Lipinski definition) is 0. The second kappa shape index (κ2) is 7.43. The third-order valence-corrected chi connectivity index (χ3v) is 6.41. The Balaban J connectivity index is 1.79. The summed E-state index contributed by atoms with van der Waals surface area (Å²) in [7, 11) is -1.94. The van der Waals surface area contributed by atoms with Crippen LogP contribution in [0.4, 0.5) is 5.69 Å². The normalized spacial score (nSPS) is 18.0. The van der Waals surface area contributed by atoms with Crippen molar-refractivity contribution in [2.24, 2.45) is 0 Å². The number of methoxy groups -OCH3 is 1. The van der Waals surface area contributed by atoms with Gasteiger partial charge in [-0.05, 0) is 36.1 Å². The first kappa shape index (κ1) is 18.3. The number of sulfonamides is 1. The van der Waals surface area contributed by atoms with E-state index >= 15 is 0 Å². The summed E-state index contributed by atoms with van der Waals surface area (Å²) in [5.41, 5.74) is 1.43. The summed E-state index contributed by atoms with van der Waals surface area (Å²) < 4.78 is 32.5. The maximum Gasteiger partial charge on any atom is 0.269 e. The van der Waals surface area contributed by atoms with Crippen molar-refractivity contribution in [1.29, 1.82) is 0 Å². The topological polar surface area (TPSA) is 89.8 Å². The first-order valence-corrected chi connectivity index (χ1v) is 9.88. The average Bonchev–Trinajstić information content (AvgIpc) is 3.13. The number of benzene rings is 2. The van der Waals surface area contributed by atoms with E-state index in [1.807, 2.05) is 24.3 Å². The van der Waals surface area contributed by atoms with Crippen molar-refractivity contribution in [3.05, 3.63) is 69.8 Å². The van der Waals surface area contributed by atoms with Crippen molar-refractivity contribution >= 4 is 15.7 Å². The van der Waals surface area contributed by atoms with Crippen molar-refractivity contribution in [3.63, 3.8) is 0 Å². The van der Waals surface area contributed by atoms with Crippen LogP contribution >= 0.6 is 0 Å². The standard InChI is InChI=1S/C18H20N2O5S/c1-25-17-10-6-15(7-11-17)18-3-2-12-19(18)26(23,24)13-14-4-8-16(9-5-14)20(21)22/h4-11,18H,2-3,12-13H2,1H3. The maximum absolute atomic E-state index is 12.9. The van der Waals surface area contributed by atoms with Gasteiger partial charge in [0, 0.05) is 24.7 Å². The van der Waals surface area contributed by atoms with Gasteiger partial charge >= 0.3 is 0 Å². The molecule has 1 aliphatic heterocycles. The van der Waals surface area contributed by atoms with Crippen molar-refractivity contribution in [2.45, 2.75) is 24.6 Å². The van der Waals surface area contributed by atoms with Crippen molar-refractivity contribution in [1.82, 2.24) is 4.31 Å². The predicted octanol–water partition coefficient (Wildman–Crippen LogP) is 3.27. The van der Waals surface area contributed by atoms with E-state index in [0.29, 0.717) is 12.1 Å². The summed E-state index contributed by atoms with van der Waals surface area (Å²) in [4.78, 5) is 10.2. The van der Waals surface area contributed by atoms with Gasteiger partial charge in [0.25, 0.3) is 5.69 Å². The Bertz CT molecular complexity index is 879. The highest BCUT2D eigenvalue weighted by molar-refractivity contribution is 7.88. The van der Waals surface area contributed by atoms with E-state index in [-0.39, 0.29) is 17.5 Å². The Labute approximate surface area is 152 Å². The van der Waals surface area contributed by atoms with Gasteiger partial charge in [0.05, 0.1) is 17.8 Å². The lowest BCUT2D eigenvalue weighted by atomic mass is 10.1. The molecule has 26 heavy (non-hydrogen) atoms. The van der Waals surface area contributed by atoms with Crippen LogP contribution in [0.25, 0.3) is 0 Å². The second-order valence-electron chi connectivity index (χ2n) is 6.22. The molecule has 1 atom stereocenters. The highest BCUT2D eigenvalue weighted by atomic mass is 32.2. The maximum atomic E-state index is 12.9. The van der Waals surface area contributed by atoms with Gasteiger partial charge in [-0.2, -0.15) is 4.31 Å². The molecule has 1 saturated heterocycles. The van der Waals surface area contributed by atoms with E-state index in [9.17, 15) is 18.5 Å². The number of nitrogens with zero attached hydrogens (tertiary/aromatic N) is 2. The highest BCUT2D eigenvalue weighted by Crippen LogP contribution is 2.35. The molecule has 0 aliphatic carbocycles. The van der Waals surface area contributed by atoms with E-state index in [4.69, 9.17) is 4.74 Å². The number of nitro groups is 1. The Kier molecular flexibility index (Phi) is 5.24. The summed E-state index contributed by atoms with van der Waals surface area (Å²) in [5.74, 6) is 0.560. The zero-order valence-corrected chi connectivity index (χ0v) is 15.2. The molecule has 0 bridgehead atoms. The largest absolute Gasteiger partial charge is 0.497 e. The van der Waals surface area contributed by atoms with Crippen LogP contribution in [0.1, 0.15) is 30.0 Å². The van der Waals surface area contributed by atoms with E-state index in [2.05, 4.69) is 0 Å². The zero-order valence-electron chi connectivity index (χ0n) is 14.4. The van der Waals surface area contributed by atoms with Crippen LogP contribution < -0.4 is 4.74 Å². The van der Waals surface area contributed by atoms with Crippen LogP contribution in [0.15, 0.2) is 48.5 Å². The molecule has 2 aromatic carbocycles. The second-order valence-corrected chi connectivity index (χ2v) is 8.14. The first-order chi connectivity index (χ1) is 12.4. The van der Waals surface area contributed by atoms with Gasteiger partial charge < -0.3 is 4.74 Å². The van der Waals surface area contributed by atoms with Crippen LogP contribution in [0.2, 0.25) is 0 Å². The number of rotatable bonds is 6. The van der Waals surface area contributed by atoms with E-state index < -0.39 is 14.9 Å². The summed E-state index contributed by atoms with van der Waals surface area (Å²) in [6.07, 6.45) is 1.57. The van der Waals surface area contributed by atoms with Gasteiger partial charge in [0.1, 0.15) is 5.75 Å². The molecule has 0 saturated carbocycles. The minimum Gasteiger partial charge on any atom is -0.497 e. The lowest BCUT2D eigenvalue weighted by Gasteiger charge is -2.24. The molecule has 1 heterocycles. The molecule has 138 valence electrons. The fourth-order valence-corrected chi connectivity index (χ4v) is 5.04. The minimum atomic E-state index is -3.53. The summed E-state index contributed by atoms with van der Waals surface area (Å²) in [5, 5.41) is 10.7. The van der Waals surface area contributed by atoms with Gasteiger partial charge in [0.2, 0.25) is 10.0 Å². The number of ether oxygens (including phenoxy) is 1. The van der Waals surface area contributed by atoms with Gasteiger partial charge in [-0.25, -0.2) is 8.42 Å². The molecule has 8 heteroatoms. The lowest BCUT2D eigenvalue weighted by molar-refractivity contribution is -0.384. The molecule has 0 amide bonds. The van der Waals surface area contributed by atoms with Crippen LogP contribution in [0, 0.1) is 10.1 Å². The quantitative estimate of drug-likeness (QED) is 0.570. The Hall–Kier alpha value is -2.45. The van der Waals surface area contributed by atoms with Gasteiger partial charge in [-0.1, -0.05) is 24.3 Å². The predicted molar refractivity (Wildman–Crippen MR) is 97.4 cm³/mol. The van der Waals surface area contributed by atoms with Gasteiger partial charge in [-0.15, -0.1) is 0 Å². The van der Waals surface area contributed by atoms with Gasteiger partial charge in [0.15, 0.2) is 0 Å². The van der Waals surface area contributed by atoms with E-state index in [1.165, 1.54) is 28.6 Å². The monoisotopic (exact) mass is 376 g/mol. The van der Waals surface area contributed by atoms with Crippen LogP contribution in [0.3, 0.4) is 0 Å². The smallest absolute Gasteiger partial charge is 0.269 e. The Morgan fingerprint density at radius 1 is 1.15 bits per heavy atom. The molecular formula is C18H20N2O5S. The molecule has 2 aromatic rings. The fourth-order valence-electron chi connectivity index (χ4n) is 3.24.